The van der Waals surface area contributed by atoms with Crippen LogP contribution in [0.3, 0.4) is 0 Å². The van der Waals surface area contributed by atoms with Crippen LogP contribution < -0.4 is 4.74 Å². The van der Waals surface area contributed by atoms with E-state index in [9.17, 15) is 0 Å². The number of benzene rings is 1. The quantitative estimate of drug-likeness (QED) is 0.595. The molecule has 11 heavy (non-hydrogen) atoms. The molecule has 0 unspecified atom stereocenters. The van der Waals surface area contributed by atoms with Gasteiger partial charge in [-0.3, -0.25) is 0 Å². The van der Waals surface area contributed by atoms with Crippen molar-refractivity contribution in [1.82, 2.24) is 0 Å². The molecule has 1 heteroatoms. The normalized spacial score (nSPS) is 9.82. The maximum Gasteiger partial charge on any atom is 0.130 e. The molecule has 1 nitrogen and oxygen atoms in total. The molecule has 1 aromatic rings. The van der Waals surface area contributed by atoms with Gasteiger partial charge in [0.1, 0.15) is 5.75 Å². The average Bonchev–Trinajstić information content (AvgIpc) is 2.01. The van der Waals surface area contributed by atoms with Crippen molar-refractivity contribution in [1.29, 1.82) is 0 Å². The molecule has 0 fully saturated rings. The molecule has 0 saturated carbocycles. The van der Waals surface area contributed by atoms with Gasteiger partial charge in [0.05, 0.1) is 7.11 Å². The first-order valence-corrected chi connectivity index (χ1v) is 3.69. The molecule has 1 aromatic carbocycles. The Labute approximate surface area is 68.0 Å². The second kappa shape index (κ2) is 2.95. The first kappa shape index (κ1) is 8.12. The Morgan fingerprint density at radius 1 is 1.18 bits per heavy atom. The van der Waals surface area contributed by atoms with Gasteiger partial charge >= 0.3 is 0 Å². The van der Waals surface area contributed by atoms with Crippen molar-refractivity contribution in [3.8, 4) is 5.75 Å². The molecule has 0 amide bonds. The Hall–Kier alpha value is -0.980. The van der Waals surface area contributed by atoms with E-state index >= 15 is 0 Å². The summed E-state index contributed by atoms with van der Waals surface area (Å²) >= 11 is 0. The zero-order valence-corrected chi connectivity index (χ0v) is 7.49. The van der Waals surface area contributed by atoms with E-state index in [0.717, 1.165) is 5.75 Å². The molecule has 0 spiro atoms. The minimum Gasteiger partial charge on any atom is -0.496 e. The molecule has 0 aliphatic carbocycles. The van der Waals surface area contributed by atoms with Crippen LogP contribution in [-0.2, 0) is 0 Å². The molecule has 0 bridgehead atoms. The third-order valence-corrected chi connectivity index (χ3v) is 2.12. The molecule has 1 rings (SSSR count). The first-order valence-electron chi connectivity index (χ1n) is 3.69. The Bertz CT molecular complexity index is 264. The van der Waals surface area contributed by atoms with Crippen LogP contribution in [0, 0.1) is 26.8 Å². The van der Waals surface area contributed by atoms with Crippen molar-refractivity contribution in [2.24, 2.45) is 0 Å². The summed E-state index contributed by atoms with van der Waals surface area (Å²) < 4.78 is 5.13. The lowest BCUT2D eigenvalue weighted by molar-refractivity contribution is 0.410. The molecule has 0 aliphatic heterocycles. The van der Waals surface area contributed by atoms with E-state index in [-0.39, 0.29) is 0 Å². The highest BCUT2D eigenvalue weighted by Gasteiger charge is 2.02. The standard InChI is InChI=1S/C10H13O/c1-7-5-6-10(11-4)9(3)8(7)2/h5H,1-4H3. The number of methoxy groups -OCH3 is 1. The number of rotatable bonds is 1. The van der Waals surface area contributed by atoms with Crippen LogP contribution in [0.2, 0.25) is 0 Å². The summed E-state index contributed by atoms with van der Waals surface area (Å²) in [4.78, 5) is 0. The van der Waals surface area contributed by atoms with E-state index in [1.807, 2.05) is 6.07 Å². The predicted octanol–water partition coefficient (Wildman–Crippen LogP) is 2.42. The van der Waals surface area contributed by atoms with E-state index in [4.69, 9.17) is 4.74 Å². The Morgan fingerprint density at radius 2 is 1.82 bits per heavy atom. The SMILES string of the molecule is COc1[c]cc(C)c(C)c1C. The number of hydrogen-bond acceptors (Lipinski definition) is 1. The van der Waals surface area contributed by atoms with E-state index < -0.39 is 0 Å². The molecule has 0 aliphatic rings. The molecule has 0 N–H and O–H groups in total. The van der Waals surface area contributed by atoms with Crippen LogP contribution in [-0.4, -0.2) is 7.11 Å². The third kappa shape index (κ3) is 1.37. The van der Waals surface area contributed by atoms with Gasteiger partial charge in [0.15, 0.2) is 0 Å². The fraction of sp³-hybridized carbons (Fsp3) is 0.400. The zero-order chi connectivity index (χ0) is 8.43. The predicted molar refractivity (Wildman–Crippen MR) is 46.0 cm³/mol. The van der Waals surface area contributed by atoms with Gasteiger partial charge in [-0.05, 0) is 43.5 Å². The second-order valence-corrected chi connectivity index (χ2v) is 2.75. The van der Waals surface area contributed by atoms with Crippen LogP contribution in [0.1, 0.15) is 16.7 Å². The second-order valence-electron chi connectivity index (χ2n) is 2.75. The third-order valence-electron chi connectivity index (χ3n) is 2.12. The highest BCUT2D eigenvalue weighted by atomic mass is 16.5. The summed E-state index contributed by atoms with van der Waals surface area (Å²) in [7, 11) is 1.67. The van der Waals surface area contributed by atoms with Crippen LogP contribution in [0.4, 0.5) is 0 Å². The van der Waals surface area contributed by atoms with E-state index in [2.05, 4.69) is 26.8 Å². The van der Waals surface area contributed by atoms with Gasteiger partial charge < -0.3 is 4.74 Å². The van der Waals surface area contributed by atoms with E-state index in [1.165, 1.54) is 16.7 Å². The maximum absolute atomic E-state index is 5.13. The summed E-state index contributed by atoms with van der Waals surface area (Å²) in [5.41, 5.74) is 3.75. The van der Waals surface area contributed by atoms with Gasteiger partial charge in [0.25, 0.3) is 0 Å². The summed E-state index contributed by atoms with van der Waals surface area (Å²) in [6, 6.07) is 5.03. The number of ether oxygens (including phenoxy) is 1. The van der Waals surface area contributed by atoms with Gasteiger partial charge in [-0.2, -0.15) is 0 Å². The molecule has 0 aromatic heterocycles. The largest absolute Gasteiger partial charge is 0.496 e. The van der Waals surface area contributed by atoms with Crippen LogP contribution in [0.15, 0.2) is 6.07 Å². The molecular formula is C10H13O. The average molecular weight is 149 g/mol. The lowest BCUT2D eigenvalue weighted by Crippen LogP contribution is -1.92. The Morgan fingerprint density at radius 3 is 2.36 bits per heavy atom. The summed E-state index contributed by atoms with van der Waals surface area (Å²) in [5, 5.41) is 0. The summed E-state index contributed by atoms with van der Waals surface area (Å²) in [6.07, 6.45) is 0. The molecule has 59 valence electrons. The first-order chi connectivity index (χ1) is 5.16. The van der Waals surface area contributed by atoms with Gasteiger partial charge in [-0.15, -0.1) is 0 Å². The molecule has 1 radical (unpaired) electrons. The van der Waals surface area contributed by atoms with Crippen LogP contribution in [0.5, 0.6) is 5.75 Å². The summed E-state index contributed by atoms with van der Waals surface area (Å²) in [5.74, 6) is 0.855. The molecular weight excluding hydrogens is 136 g/mol. The minimum atomic E-state index is 0.855. The fourth-order valence-corrected chi connectivity index (χ4v) is 1.07. The van der Waals surface area contributed by atoms with Crippen molar-refractivity contribution < 1.29 is 4.74 Å². The maximum atomic E-state index is 5.13. The topological polar surface area (TPSA) is 9.23 Å². The lowest BCUT2D eigenvalue weighted by atomic mass is 10.0. The van der Waals surface area contributed by atoms with Crippen LogP contribution >= 0.6 is 0 Å². The Balaban J connectivity index is 3.25. The highest BCUT2D eigenvalue weighted by Crippen LogP contribution is 2.22. The van der Waals surface area contributed by atoms with Crippen molar-refractivity contribution in [2.75, 3.05) is 7.11 Å². The fourth-order valence-electron chi connectivity index (χ4n) is 1.07. The van der Waals surface area contributed by atoms with Gasteiger partial charge in [-0.25, -0.2) is 0 Å². The number of hydrogen-bond donors (Lipinski definition) is 0. The van der Waals surface area contributed by atoms with Crippen molar-refractivity contribution in [2.45, 2.75) is 20.8 Å². The van der Waals surface area contributed by atoms with Crippen LogP contribution in [0.25, 0.3) is 0 Å². The lowest BCUT2D eigenvalue weighted by Gasteiger charge is -2.08. The van der Waals surface area contributed by atoms with Gasteiger partial charge in [-0.1, -0.05) is 0 Å². The highest BCUT2D eigenvalue weighted by molar-refractivity contribution is 5.41. The Kier molecular flexibility index (Phi) is 2.18. The zero-order valence-electron chi connectivity index (χ0n) is 7.49. The van der Waals surface area contributed by atoms with Crippen molar-refractivity contribution in [3.05, 3.63) is 28.8 Å². The minimum absolute atomic E-state index is 0.855. The smallest absolute Gasteiger partial charge is 0.130 e. The van der Waals surface area contributed by atoms with E-state index in [1.54, 1.807) is 7.11 Å². The van der Waals surface area contributed by atoms with Gasteiger partial charge in [0.2, 0.25) is 0 Å². The molecule has 0 heterocycles. The van der Waals surface area contributed by atoms with E-state index in [0.29, 0.717) is 0 Å². The van der Waals surface area contributed by atoms with Gasteiger partial charge in [0, 0.05) is 6.07 Å². The molecule has 0 saturated heterocycles. The van der Waals surface area contributed by atoms with Crippen molar-refractivity contribution in [3.63, 3.8) is 0 Å². The monoisotopic (exact) mass is 149 g/mol. The summed E-state index contributed by atoms with van der Waals surface area (Å²) in [6.45, 7) is 6.23. The molecule has 0 atom stereocenters. The van der Waals surface area contributed by atoms with Crippen molar-refractivity contribution >= 4 is 0 Å². The number of aryl methyl sites for hydroxylation is 1.